The normalized spacial score (nSPS) is 23.9. The number of amides is 1. The largest absolute Gasteiger partial charge is 0.449 e. The first-order valence-corrected chi connectivity index (χ1v) is 12.1. The number of nitrogen functional groups attached to an aromatic ring is 1. The highest BCUT2D eigenvalue weighted by molar-refractivity contribution is 5.97. The van der Waals surface area contributed by atoms with Crippen molar-refractivity contribution < 1.29 is 27.8 Å². The summed E-state index contributed by atoms with van der Waals surface area (Å²) >= 11 is 0. The molecule has 1 aromatic carbocycles. The van der Waals surface area contributed by atoms with Crippen LogP contribution in [0.4, 0.5) is 19.0 Å². The maximum atomic E-state index is 13.2. The summed E-state index contributed by atoms with van der Waals surface area (Å²) in [4.78, 5) is 33.1. The van der Waals surface area contributed by atoms with Crippen molar-refractivity contribution in [2.45, 2.75) is 49.6 Å². The van der Waals surface area contributed by atoms with Crippen LogP contribution in [0.5, 0.6) is 0 Å². The Morgan fingerprint density at radius 3 is 2.71 bits per heavy atom. The van der Waals surface area contributed by atoms with Crippen molar-refractivity contribution in [3.05, 3.63) is 42.2 Å². The SMILES string of the molecule is C[C@@]1(O)CC2(CCN(C(=O)c3ccc4nc(C(F)(F)F)[nH]c4c3)CC2)OC[C@H]1n1cnc2c(N)ncnc21. The zero-order valence-corrected chi connectivity index (χ0v) is 20.4. The molecule has 0 radical (unpaired) electrons. The number of imidazole rings is 2. The van der Waals surface area contributed by atoms with Gasteiger partial charge in [-0.15, -0.1) is 0 Å². The molecular weight excluding hydrogens is 505 g/mol. The topological polar surface area (TPSA) is 148 Å². The Balaban J connectivity index is 1.15. The van der Waals surface area contributed by atoms with Gasteiger partial charge in [0.2, 0.25) is 5.82 Å². The van der Waals surface area contributed by atoms with Crippen LogP contribution in [-0.2, 0) is 10.9 Å². The summed E-state index contributed by atoms with van der Waals surface area (Å²) in [5.41, 5.74) is 5.66. The molecule has 1 amide bonds. The maximum absolute atomic E-state index is 13.2. The predicted molar refractivity (Wildman–Crippen MR) is 129 cm³/mol. The van der Waals surface area contributed by atoms with Gasteiger partial charge in [0.05, 0.1) is 41.2 Å². The summed E-state index contributed by atoms with van der Waals surface area (Å²) in [6.45, 7) is 2.73. The molecule has 4 aromatic rings. The van der Waals surface area contributed by atoms with Crippen LogP contribution in [0.2, 0.25) is 0 Å². The summed E-state index contributed by atoms with van der Waals surface area (Å²) < 4.78 is 47.0. The number of H-pyrrole nitrogens is 1. The Morgan fingerprint density at radius 2 is 2.00 bits per heavy atom. The average Bonchev–Trinajstić information content (AvgIpc) is 3.49. The smallest absolute Gasteiger partial charge is 0.388 e. The Bertz CT molecular complexity index is 1540. The average molecular weight is 531 g/mol. The lowest BCUT2D eigenvalue weighted by Crippen LogP contribution is -2.57. The predicted octanol–water partition coefficient (Wildman–Crippen LogP) is 2.69. The van der Waals surface area contributed by atoms with Gasteiger partial charge in [0.15, 0.2) is 11.5 Å². The van der Waals surface area contributed by atoms with Crippen LogP contribution in [0.15, 0.2) is 30.9 Å². The van der Waals surface area contributed by atoms with Crippen molar-refractivity contribution in [3.8, 4) is 0 Å². The number of hydrogen-bond acceptors (Lipinski definition) is 8. The number of nitrogens with two attached hydrogens (primary N) is 1. The number of aromatic amines is 1. The molecule has 3 aromatic heterocycles. The van der Waals surface area contributed by atoms with Crippen molar-refractivity contribution in [1.29, 1.82) is 0 Å². The summed E-state index contributed by atoms with van der Waals surface area (Å²) in [7, 11) is 0. The van der Waals surface area contributed by atoms with E-state index in [2.05, 4.69) is 24.9 Å². The van der Waals surface area contributed by atoms with E-state index in [1.165, 1.54) is 24.5 Å². The Kier molecular flexibility index (Phi) is 5.40. The van der Waals surface area contributed by atoms with E-state index in [-0.39, 0.29) is 34.9 Å². The molecule has 14 heteroatoms. The molecule has 11 nitrogen and oxygen atoms in total. The molecule has 4 N–H and O–H groups in total. The number of nitrogens with zero attached hydrogens (tertiary/aromatic N) is 6. The zero-order chi connectivity index (χ0) is 26.9. The van der Waals surface area contributed by atoms with Gasteiger partial charge >= 0.3 is 6.18 Å². The number of halogens is 3. The van der Waals surface area contributed by atoms with Crippen LogP contribution in [-0.4, -0.2) is 76.3 Å². The fourth-order valence-corrected chi connectivity index (χ4v) is 5.63. The number of benzene rings is 1. The Hall–Kier alpha value is -3.78. The molecule has 2 aliphatic heterocycles. The third-order valence-electron chi connectivity index (χ3n) is 7.63. The first kappa shape index (κ1) is 24.6. The van der Waals surface area contributed by atoms with Gasteiger partial charge in [0.25, 0.3) is 5.91 Å². The highest BCUT2D eigenvalue weighted by atomic mass is 19.4. The quantitative estimate of drug-likeness (QED) is 0.358. The van der Waals surface area contributed by atoms with Gasteiger partial charge in [-0.25, -0.2) is 19.9 Å². The van der Waals surface area contributed by atoms with Crippen LogP contribution in [0.25, 0.3) is 22.2 Å². The lowest BCUT2D eigenvalue weighted by atomic mass is 9.75. The molecule has 38 heavy (non-hydrogen) atoms. The van der Waals surface area contributed by atoms with Gasteiger partial charge < -0.3 is 30.0 Å². The maximum Gasteiger partial charge on any atom is 0.449 e. The van der Waals surface area contributed by atoms with Gasteiger partial charge in [-0.3, -0.25) is 4.79 Å². The molecule has 0 unspecified atom stereocenters. The molecule has 200 valence electrons. The van der Waals surface area contributed by atoms with E-state index in [1.807, 2.05) is 0 Å². The number of fused-ring (bicyclic) bond motifs is 2. The number of aromatic nitrogens is 6. The van der Waals surface area contributed by atoms with E-state index in [4.69, 9.17) is 10.5 Å². The summed E-state index contributed by atoms with van der Waals surface area (Å²) in [6, 6.07) is 3.83. The fraction of sp³-hybridized carbons (Fsp3) is 0.458. The zero-order valence-electron chi connectivity index (χ0n) is 20.4. The van der Waals surface area contributed by atoms with Crippen molar-refractivity contribution in [3.63, 3.8) is 0 Å². The third-order valence-corrected chi connectivity index (χ3v) is 7.63. The van der Waals surface area contributed by atoms with Crippen LogP contribution < -0.4 is 5.73 Å². The number of piperidine rings is 1. The van der Waals surface area contributed by atoms with E-state index < -0.39 is 29.2 Å². The number of alkyl halides is 3. The van der Waals surface area contributed by atoms with Crippen LogP contribution in [0.1, 0.15) is 48.4 Å². The monoisotopic (exact) mass is 530 g/mol. The minimum absolute atomic E-state index is 0.138. The van der Waals surface area contributed by atoms with Gasteiger partial charge in [-0.05, 0) is 38.0 Å². The Morgan fingerprint density at radius 1 is 1.24 bits per heavy atom. The highest BCUT2D eigenvalue weighted by Crippen LogP contribution is 2.44. The second-order valence-corrected chi connectivity index (χ2v) is 10.2. The van der Waals surface area contributed by atoms with Gasteiger partial charge in [0.1, 0.15) is 11.8 Å². The molecule has 2 aliphatic rings. The van der Waals surface area contributed by atoms with Crippen molar-refractivity contribution in [2.24, 2.45) is 0 Å². The number of anilines is 1. The van der Waals surface area contributed by atoms with Crippen molar-refractivity contribution in [2.75, 3.05) is 25.4 Å². The molecule has 2 saturated heterocycles. The minimum atomic E-state index is -4.60. The molecular formula is C24H25F3N8O3. The summed E-state index contributed by atoms with van der Waals surface area (Å²) in [5.74, 6) is -1.13. The summed E-state index contributed by atoms with van der Waals surface area (Å²) in [6.07, 6.45) is -0.324. The number of carbonyl (C=O) groups excluding carboxylic acids is 1. The molecule has 6 rings (SSSR count). The Labute approximate surface area is 213 Å². The standard InChI is InChI=1S/C24H25F3N8O3/c1-22(37)10-23(38-9-16(22)35-12-31-17-18(28)29-11-30-19(17)35)4-6-34(7-5-23)20(36)13-2-3-14-15(8-13)33-21(32-14)24(25,26)27/h2-3,8,11-12,16,37H,4-7,9-10H2,1H3,(H,32,33)(H2,28,29,30)/t16-,22-/m1/s1. The number of aliphatic hydroxyl groups is 1. The number of likely N-dealkylation sites (tertiary alicyclic amines) is 1. The lowest BCUT2D eigenvalue weighted by Gasteiger charge is -2.51. The molecule has 2 fully saturated rings. The first-order valence-electron chi connectivity index (χ1n) is 12.1. The fourth-order valence-electron chi connectivity index (χ4n) is 5.63. The second kappa shape index (κ2) is 8.36. The lowest BCUT2D eigenvalue weighted by molar-refractivity contribution is -0.194. The van der Waals surface area contributed by atoms with Crippen LogP contribution in [0, 0.1) is 0 Å². The number of hydrogen-bond donors (Lipinski definition) is 3. The van der Waals surface area contributed by atoms with E-state index in [0.29, 0.717) is 43.5 Å². The number of ether oxygens (including phenoxy) is 1. The molecule has 0 bridgehead atoms. The number of rotatable bonds is 2. The third kappa shape index (κ3) is 4.04. The first-order chi connectivity index (χ1) is 18.0. The highest BCUT2D eigenvalue weighted by Gasteiger charge is 2.50. The van der Waals surface area contributed by atoms with E-state index in [0.717, 1.165) is 0 Å². The number of carbonyl (C=O) groups is 1. The molecule has 0 saturated carbocycles. The van der Waals surface area contributed by atoms with Gasteiger partial charge in [0, 0.05) is 25.1 Å². The van der Waals surface area contributed by atoms with Crippen molar-refractivity contribution >= 4 is 33.9 Å². The van der Waals surface area contributed by atoms with E-state index >= 15 is 0 Å². The van der Waals surface area contributed by atoms with E-state index in [9.17, 15) is 23.1 Å². The molecule has 0 aliphatic carbocycles. The second-order valence-electron chi connectivity index (χ2n) is 10.2. The molecule has 2 atom stereocenters. The summed E-state index contributed by atoms with van der Waals surface area (Å²) in [5, 5.41) is 11.5. The minimum Gasteiger partial charge on any atom is -0.388 e. The van der Waals surface area contributed by atoms with Gasteiger partial charge in [-0.2, -0.15) is 13.2 Å². The van der Waals surface area contributed by atoms with Crippen molar-refractivity contribution in [1.82, 2.24) is 34.4 Å². The van der Waals surface area contributed by atoms with Gasteiger partial charge in [-0.1, -0.05) is 0 Å². The number of nitrogens with one attached hydrogen (secondary N) is 1. The van der Waals surface area contributed by atoms with Crippen LogP contribution >= 0.6 is 0 Å². The van der Waals surface area contributed by atoms with Crippen LogP contribution in [0.3, 0.4) is 0 Å². The van der Waals surface area contributed by atoms with E-state index in [1.54, 1.807) is 22.7 Å². The molecule has 1 spiro atoms. The molecule has 5 heterocycles.